The van der Waals surface area contributed by atoms with Gasteiger partial charge < -0.3 is 29.8 Å². The van der Waals surface area contributed by atoms with E-state index in [0.29, 0.717) is 32.8 Å². The maximum absolute atomic E-state index is 13.7. The Morgan fingerprint density at radius 3 is 1.69 bits per heavy atom. The minimum atomic E-state index is -0.812. The number of unbranched alkanes of at least 4 members (excludes halogenated alkanes) is 22. The van der Waals surface area contributed by atoms with Crippen molar-refractivity contribution in [3.8, 4) is 0 Å². The van der Waals surface area contributed by atoms with Gasteiger partial charge in [0.2, 0.25) is 5.91 Å². The predicted molar refractivity (Wildman–Crippen MR) is 231 cm³/mol. The molecule has 8 nitrogen and oxygen atoms in total. The molecule has 0 saturated carbocycles. The first-order valence-electron chi connectivity index (χ1n) is 22.7. The highest BCUT2D eigenvalue weighted by Crippen LogP contribution is 2.20. The molecule has 1 unspecified atom stereocenters. The summed E-state index contributed by atoms with van der Waals surface area (Å²) in [7, 11) is 0. The summed E-state index contributed by atoms with van der Waals surface area (Å²) in [6, 6.07) is 7.17. The van der Waals surface area contributed by atoms with Crippen LogP contribution in [0.3, 0.4) is 0 Å². The topological polar surface area (TPSA) is 102 Å². The number of hydrogen-bond acceptors (Lipinski definition) is 5. The lowest BCUT2D eigenvalue weighted by molar-refractivity contribution is -0.124. The first kappa shape index (κ1) is 48.6. The van der Waals surface area contributed by atoms with Crippen LogP contribution >= 0.6 is 0 Å². The summed E-state index contributed by atoms with van der Waals surface area (Å²) in [5.41, 5.74) is 1.27. The molecule has 1 heterocycles. The van der Waals surface area contributed by atoms with Crippen molar-refractivity contribution in [1.29, 1.82) is 0 Å². The fourth-order valence-corrected chi connectivity index (χ4v) is 7.14. The first-order chi connectivity index (χ1) is 26.7. The van der Waals surface area contributed by atoms with E-state index in [-0.39, 0.29) is 12.0 Å². The number of alkyl carbamates (subject to hydrolysis) is 1. The molecule has 8 heteroatoms. The van der Waals surface area contributed by atoms with Crippen molar-refractivity contribution in [2.24, 2.45) is 0 Å². The highest BCUT2D eigenvalue weighted by Gasteiger charge is 2.26. The summed E-state index contributed by atoms with van der Waals surface area (Å²) in [5, 5.41) is 6.95. The van der Waals surface area contributed by atoms with Gasteiger partial charge in [-0.15, -0.1) is 0 Å². The second-order valence-corrected chi connectivity index (χ2v) is 16.9. The van der Waals surface area contributed by atoms with Crippen LogP contribution in [0, 0.1) is 0 Å². The maximum atomic E-state index is 13.7. The van der Waals surface area contributed by atoms with Gasteiger partial charge in [0.25, 0.3) is 0 Å². The number of aromatic nitrogens is 1. The Morgan fingerprint density at radius 1 is 0.673 bits per heavy atom. The van der Waals surface area contributed by atoms with Crippen LogP contribution in [0.1, 0.15) is 194 Å². The third-order valence-electron chi connectivity index (χ3n) is 10.4. The number of amides is 2. The van der Waals surface area contributed by atoms with Gasteiger partial charge in [-0.1, -0.05) is 173 Å². The maximum Gasteiger partial charge on any atom is 0.408 e. The summed E-state index contributed by atoms with van der Waals surface area (Å²) in [6.45, 7) is 12.1. The van der Waals surface area contributed by atoms with Gasteiger partial charge in [0.05, 0.1) is 12.7 Å². The number of H-pyrrole nitrogens is 1. The third-order valence-corrected chi connectivity index (χ3v) is 10.4. The van der Waals surface area contributed by atoms with Crippen LogP contribution in [-0.2, 0) is 25.4 Å². The largest absolute Gasteiger partial charge is 0.444 e. The number of benzene rings is 1. The van der Waals surface area contributed by atoms with E-state index in [4.69, 9.17) is 14.2 Å². The molecule has 0 aliphatic carbocycles. The van der Waals surface area contributed by atoms with Crippen LogP contribution < -0.4 is 10.6 Å². The molecular weight excluding hydrogens is 687 g/mol. The number of para-hydroxylation sites is 1. The number of carbonyl (C=O) groups is 2. The fraction of sp³-hybridized carbons (Fsp3) is 0.787. The van der Waals surface area contributed by atoms with Crippen molar-refractivity contribution in [2.45, 2.75) is 213 Å². The molecule has 55 heavy (non-hydrogen) atoms. The second-order valence-electron chi connectivity index (χ2n) is 16.9. The lowest BCUT2D eigenvalue weighted by Crippen LogP contribution is -2.51. The van der Waals surface area contributed by atoms with E-state index >= 15 is 0 Å². The van der Waals surface area contributed by atoms with Crippen molar-refractivity contribution in [2.75, 3.05) is 26.4 Å². The molecule has 3 N–H and O–H groups in total. The van der Waals surface area contributed by atoms with Crippen molar-refractivity contribution < 1.29 is 23.8 Å². The van der Waals surface area contributed by atoms with Crippen LogP contribution in [0.25, 0.3) is 10.9 Å². The lowest BCUT2D eigenvalue weighted by Gasteiger charge is -2.24. The molecule has 0 bridgehead atoms. The zero-order valence-corrected chi connectivity index (χ0v) is 36.1. The number of aromatic amines is 1. The van der Waals surface area contributed by atoms with Gasteiger partial charge >= 0.3 is 6.09 Å². The molecule has 2 aromatic rings. The van der Waals surface area contributed by atoms with Gasteiger partial charge in [-0.25, -0.2) is 4.79 Å². The average molecular weight is 770 g/mol. The number of hydrogen-bond donors (Lipinski definition) is 3. The average Bonchev–Trinajstić information content (AvgIpc) is 3.56. The zero-order chi connectivity index (χ0) is 39.8. The van der Waals surface area contributed by atoms with E-state index in [1.165, 1.54) is 135 Å². The Kier molecular flexibility index (Phi) is 27.8. The second kappa shape index (κ2) is 31.5. The smallest absolute Gasteiger partial charge is 0.408 e. The van der Waals surface area contributed by atoms with Gasteiger partial charge in [0, 0.05) is 43.3 Å². The standard InChI is InChI=1S/C47H83N3O5/c1-6-8-10-12-14-16-18-20-22-24-26-30-34-53-39-41(54-35-31-27-25-23-21-19-17-15-13-11-9-7-2)38-49-45(51)44(50-46(52)55-47(3,4)5)36-40-37-48-43-33-29-28-32-42(40)43/h28-29,32-33,37,41,44,48H,6-27,30-31,34-36,38-39H2,1-5H3,(H,49,51)(H,50,52)/t41?,44-/m0/s1. The van der Waals surface area contributed by atoms with E-state index < -0.39 is 17.7 Å². The van der Waals surface area contributed by atoms with Crippen molar-refractivity contribution in [1.82, 2.24) is 15.6 Å². The van der Waals surface area contributed by atoms with Crippen LogP contribution in [0.2, 0.25) is 0 Å². The van der Waals surface area contributed by atoms with Gasteiger partial charge in [-0.2, -0.15) is 0 Å². The highest BCUT2D eigenvalue weighted by molar-refractivity contribution is 5.88. The molecule has 0 aliphatic heterocycles. The molecule has 1 aromatic heterocycles. The van der Waals surface area contributed by atoms with Crippen molar-refractivity contribution in [3.63, 3.8) is 0 Å². The minimum absolute atomic E-state index is 0.260. The fourth-order valence-electron chi connectivity index (χ4n) is 7.14. The SMILES string of the molecule is CCCCCCCCCCCCCCOCC(CNC(=O)[C@H](Cc1c[nH]c2ccccc12)NC(=O)OC(C)(C)C)OCCCCCCCCCCCCCC. The molecule has 1 aromatic carbocycles. The Balaban J connectivity index is 1.82. The molecule has 2 amide bonds. The summed E-state index contributed by atoms with van der Waals surface area (Å²) >= 11 is 0. The minimum Gasteiger partial charge on any atom is -0.444 e. The predicted octanol–water partition coefficient (Wildman–Crippen LogP) is 12.5. The number of rotatable bonds is 35. The molecule has 316 valence electrons. The molecule has 0 radical (unpaired) electrons. The zero-order valence-electron chi connectivity index (χ0n) is 36.1. The Morgan fingerprint density at radius 2 is 1.16 bits per heavy atom. The number of carbonyl (C=O) groups excluding carboxylic acids is 2. The van der Waals surface area contributed by atoms with Crippen LogP contribution in [0.5, 0.6) is 0 Å². The van der Waals surface area contributed by atoms with Crippen LogP contribution in [-0.4, -0.2) is 61.1 Å². The van der Waals surface area contributed by atoms with Crippen LogP contribution in [0.15, 0.2) is 30.5 Å². The van der Waals surface area contributed by atoms with E-state index in [2.05, 4.69) is 29.5 Å². The van der Waals surface area contributed by atoms with Gasteiger partial charge in [-0.05, 0) is 45.2 Å². The van der Waals surface area contributed by atoms with Crippen LogP contribution in [0.4, 0.5) is 4.79 Å². The lowest BCUT2D eigenvalue weighted by atomic mass is 10.0. The summed E-state index contributed by atoms with van der Waals surface area (Å²) < 4.78 is 18.0. The molecule has 0 fully saturated rings. The van der Waals surface area contributed by atoms with Gasteiger partial charge in [0.15, 0.2) is 0 Å². The van der Waals surface area contributed by atoms with E-state index in [9.17, 15) is 9.59 Å². The molecule has 0 spiro atoms. The Hall–Kier alpha value is -2.58. The normalized spacial score (nSPS) is 12.9. The number of nitrogens with one attached hydrogen (secondary N) is 3. The quantitative estimate of drug-likeness (QED) is 0.0606. The summed E-state index contributed by atoms with van der Waals surface area (Å²) in [6.07, 6.45) is 32.7. The summed E-state index contributed by atoms with van der Waals surface area (Å²) in [5.74, 6) is -0.268. The van der Waals surface area contributed by atoms with Crippen molar-refractivity contribution in [3.05, 3.63) is 36.0 Å². The monoisotopic (exact) mass is 770 g/mol. The van der Waals surface area contributed by atoms with E-state index in [1.807, 2.05) is 51.2 Å². The summed E-state index contributed by atoms with van der Waals surface area (Å²) in [4.78, 5) is 29.8. The van der Waals surface area contributed by atoms with E-state index in [0.717, 1.165) is 35.7 Å². The van der Waals surface area contributed by atoms with E-state index in [1.54, 1.807) is 0 Å². The molecular formula is C47H83N3O5. The Labute approximate surface area is 336 Å². The molecule has 2 atom stereocenters. The first-order valence-corrected chi connectivity index (χ1v) is 22.7. The van der Waals surface area contributed by atoms with Gasteiger partial charge in [0.1, 0.15) is 11.6 Å². The highest BCUT2D eigenvalue weighted by atomic mass is 16.6. The van der Waals surface area contributed by atoms with Crippen molar-refractivity contribution >= 4 is 22.9 Å². The van der Waals surface area contributed by atoms with Gasteiger partial charge in [-0.3, -0.25) is 4.79 Å². The number of ether oxygens (including phenoxy) is 3. The number of fused-ring (bicyclic) bond motifs is 1. The molecule has 0 aliphatic rings. The third kappa shape index (κ3) is 25.3. The molecule has 0 saturated heterocycles. The Bertz CT molecular complexity index is 1220. The molecule has 2 rings (SSSR count).